The third kappa shape index (κ3) is 5.63. The third-order valence-electron chi connectivity index (χ3n) is 3.76. The van der Waals surface area contributed by atoms with Gasteiger partial charge in [-0.1, -0.05) is 6.07 Å². The maximum absolute atomic E-state index is 13.8. The van der Waals surface area contributed by atoms with Crippen molar-refractivity contribution in [2.24, 2.45) is 0 Å². The second kappa shape index (κ2) is 9.63. The normalized spacial score (nSPS) is 11.6. The molecule has 0 saturated carbocycles. The van der Waals surface area contributed by atoms with Gasteiger partial charge in [0.15, 0.2) is 29.2 Å². The summed E-state index contributed by atoms with van der Waals surface area (Å²) in [5.41, 5.74) is 0.0452. The van der Waals surface area contributed by atoms with E-state index in [4.69, 9.17) is 9.47 Å². The molecule has 0 aliphatic carbocycles. The second-order valence-corrected chi connectivity index (χ2v) is 5.76. The van der Waals surface area contributed by atoms with Crippen LogP contribution in [-0.4, -0.2) is 30.7 Å². The van der Waals surface area contributed by atoms with Gasteiger partial charge in [-0.3, -0.25) is 4.79 Å². The van der Waals surface area contributed by atoms with Gasteiger partial charge in [-0.2, -0.15) is 0 Å². The van der Waals surface area contributed by atoms with Crippen molar-refractivity contribution in [3.63, 3.8) is 0 Å². The van der Waals surface area contributed by atoms with Crippen LogP contribution in [0, 0.1) is 17.5 Å². The average molecular weight is 397 g/mol. The molecule has 2 rings (SSSR count). The number of aliphatic carboxylic acids is 1. The van der Waals surface area contributed by atoms with E-state index in [1.807, 2.05) is 0 Å². The van der Waals surface area contributed by atoms with Gasteiger partial charge in [-0.05, 0) is 36.2 Å². The largest absolute Gasteiger partial charge is 0.494 e. The van der Waals surface area contributed by atoms with Crippen LogP contribution in [0.15, 0.2) is 36.4 Å². The Kier molecular flexibility index (Phi) is 7.25. The lowest BCUT2D eigenvalue weighted by atomic mass is 10.1. The van der Waals surface area contributed by atoms with Crippen molar-refractivity contribution in [2.75, 3.05) is 13.7 Å². The summed E-state index contributed by atoms with van der Waals surface area (Å²) in [6.07, 6.45) is 0.0528. The van der Waals surface area contributed by atoms with E-state index in [9.17, 15) is 27.9 Å². The first-order chi connectivity index (χ1) is 13.3. The summed E-state index contributed by atoms with van der Waals surface area (Å²) in [7, 11) is 1.27. The summed E-state index contributed by atoms with van der Waals surface area (Å²) in [5, 5.41) is 11.6. The third-order valence-corrected chi connectivity index (χ3v) is 3.76. The van der Waals surface area contributed by atoms with Gasteiger partial charge in [-0.15, -0.1) is 0 Å². The summed E-state index contributed by atoms with van der Waals surface area (Å²) in [6, 6.07) is 4.97. The van der Waals surface area contributed by atoms with Crippen molar-refractivity contribution < 1.29 is 37.3 Å². The number of carboxylic acids is 1. The molecule has 0 radical (unpaired) electrons. The van der Waals surface area contributed by atoms with E-state index in [2.05, 4.69) is 5.32 Å². The van der Waals surface area contributed by atoms with Crippen LogP contribution in [0.3, 0.4) is 0 Å². The molecule has 6 nitrogen and oxygen atoms in total. The van der Waals surface area contributed by atoms with E-state index in [1.165, 1.54) is 19.2 Å². The smallest absolute Gasteiger partial charge is 0.330 e. The van der Waals surface area contributed by atoms with Crippen molar-refractivity contribution in [2.45, 2.75) is 18.9 Å². The molecule has 0 aliphatic rings. The molecule has 28 heavy (non-hydrogen) atoms. The monoisotopic (exact) mass is 397 g/mol. The van der Waals surface area contributed by atoms with Crippen molar-refractivity contribution in [3.8, 4) is 11.5 Å². The van der Waals surface area contributed by atoms with Crippen LogP contribution in [-0.2, 0) is 9.59 Å². The number of hydrogen-bond acceptors (Lipinski definition) is 4. The van der Waals surface area contributed by atoms with E-state index in [0.29, 0.717) is 6.07 Å². The molecule has 0 fully saturated rings. The zero-order chi connectivity index (χ0) is 20.7. The molecule has 2 aromatic rings. The van der Waals surface area contributed by atoms with Gasteiger partial charge < -0.3 is 19.9 Å². The van der Waals surface area contributed by atoms with Crippen LogP contribution in [0.4, 0.5) is 13.2 Å². The van der Waals surface area contributed by atoms with Crippen LogP contribution in [0.1, 0.15) is 24.4 Å². The summed E-state index contributed by atoms with van der Waals surface area (Å²) >= 11 is 0. The fourth-order valence-corrected chi connectivity index (χ4v) is 2.39. The van der Waals surface area contributed by atoms with Crippen molar-refractivity contribution in [3.05, 3.63) is 59.4 Å². The Morgan fingerprint density at radius 1 is 1.07 bits per heavy atom. The molecule has 0 bridgehead atoms. The minimum atomic E-state index is -1.44. The molecule has 1 atom stereocenters. The number of methoxy groups -OCH3 is 1. The van der Waals surface area contributed by atoms with Gasteiger partial charge in [0.25, 0.3) is 0 Å². The average Bonchev–Trinajstić information content (AvgIpc) is 2.64. The highest BCUT2D eigenvalue weighted by Gasteiger charge is 2.23. The van der Waals surface area contributed by atoms with Gasteiger partial charge in [-0.25, -0.2) is 18.0 Å². The number of carbonyl (C=O) groups excluding carboxylic acids is 1. The fourth-order valence-electron chi connectivity index (χ4n) is 2.39. The van der Waals surface area contributed by atoms with E-state index in [1.54, 1.807) is 0 Å². The van der Waals surface area contributed by atoms with E-state index >= 15 is 0 Å². The molecule has 0 aliphatic heterocycles. The number of carboxylic acid groups (broad SMARTS) is 1. The maximum atomic E-state index is 13.8. The lowest BCUT2D eigenvalue weighted by molar-refractivity contribution is -0.142. The molecule has 9 heteroatoms. The predicted octanol–water partition coefficient (Wildman–Crippen LogP) is 3.21. The first kappa shape index (κ1) is 21.1. The molecule has 1 unspecified atom stereocenters. The maximum Gasteiger partial charge on any atom is 0.330 e. The summed E-state index contributed by atoms with van der Waals surface area (Å²) in [4.78, 5) is 23.4. The van der Waals surface area contributed by atoms with Gasteiger partial charge in [0, 0.05) is 12.5 Å². The van der Waals surface area contributed by atoms with Crippen LogP contribution in [0.25, 0.3) is 0 Å². The Hall–Kier alpha value is -3.23. The highest BCUT2D eigenvalue weighted by atomic mass is 19.1. The van der Waals surface area contributed by atoms with Gasteiger partial charge >= 0.3 is 5.97 Å². The van der Waals surface area contributed by atoms with Gasteiger partial charge in [0.1, 0.15) is 5.82 Å². The Labute approximate surface area is 158 Å². The van der Waals surface area contributed by atoms with Gasteiger partial charge in [0.05, 0.1) is 13.7 Å². The number of nitrogens with one attached hydrogen (secondary N) is 1. The summed E-state index contributed by atoms with van der Waals surface area (Å²) < 4.78 is 49.9. The molecule has 0 spiro atoms. The number of ether oxygens (including phenoxy) is 2. The standard InChI is InChI=1S/C19H18F3NO5/c1-27-15-6-4-11(9-13(15)21)18(19(25)26)23-17(24)3-2-8-28-16-7-5-12(20)10-14(16)22/h4-7,9-10,18H,2-3,8H2,1H3,(H,23,24)(H,25,26). The molecule has 0 heterocycles. The molecule has 0 aromatic heterocycles. The first-order valence-electron chi connectivity index (χ1n) is 8.25. The Balaban J connectivity index is 1.88. The number of amides is 1. The lowest BCUT2D eigenvalue weighted by Gasteiger charge is -2.16. The molecule has 2 aromatic carbocycles. The predicted molar refractivity (Wildman–Crippen MR) is 92.6 cm³/mol. The highest BCUT2D eigenvalue weighted by Crippen LogP contribution is 2.22. The van der Waals surface area contributed by atoms with Crippen molar-refractivity contribution in [1.82, 2.24) is 5.32 Å². The highest BCUT2D eigenvalue weighted by molar-refractivity contribution is 5.84. The number of rotatable bonds is 9. The summed E-state index contributed by atoms with van der Waals surface area (Å²) in [5.74, 6) is -4.52. The van der Waals surface area contributed by atoms with E-state index in [-0.39, 0.29) is 36.5 Å². The van der Waals surface area contributed by atoms with Crippen LogP contribution >= 0.6 is 0 Å². The van der Waals surface area contributed by atoms with E-state index in [0.717, 1.165) is 18.2 Å². The number of hydrogen-bond donors (Lipinski definition) is 2. The SMILES string of the molecule is COc1ccc(C(NC(=O)CCCOc2ccc(F)cc2F)C(=O)O)cc1F. The van der Waals surface area contributed by atoms with Crippen LogP contribution in [0.5, 0.6) is 11.5 Å². The molecular formula is C19H18F3NO5. The zero-order valence-corrected chi connectivity index (χ0v) is 14.9. The number of benzene rings is 2. The minimum absolute atomic E-state index is 0.0368. The van der Waals surface area contributed by atoms with Crippen molar-refractivity contribution >= 4 is 11.9 Å². The summed E-state index contributed by atoms with van der Waals surface area (Å²) in [6.45, 7) is -0.0368. The molecule has 150 valence electrons. The Bertz CT molecular complexity index is 859. The minimum Gasteiger partial charge on any atom is -0.494 e. The topological polar surface area (TPSA) is 84.9 Å². The van der Waals surface area contributed by atoms with Crippen LogP contribution in [0.2, 0.25) is 0 Å². The van der Waals surface area contributed by atoms with E-state index < -0.39 is 35.4 Å². The Morgan fingerprint density at radius 3 is 2.36 bits per heavy atom. The lowest BCUT2D eigenvalue weighted by Crippen LogP contribution is -2.33. The fraction of sp³-hybridized carbons (Fsp3) is 0.263. The Morgan fingerprint density at radius 2 is 1.75 bits per heavy atom. The molecule has 2 N–H and O–H groups in total. The quantitative estimate of drug-likeness (QED) is 0.635. The second-order valence-electron chi connectivity index (χ2n) is 5.76. The van der Waals surface area contributed by atoms with Crippen LogP contribution < -0.4 is 14.8 Å². The number of halogens is 3. The molecule has 1 amide bonds. The first-order valence-corrected chi connectivity index (χ1v) is 8.25. The van der Waals surface area contributed by atoms with Gasteiger partial charge in [0.2, 0.25) is 5.91 Å². The molecular weight excluding hydrogens is 379 g/mol. The van der Waals surface area contributed by atoms with Crippen molar-refractivity contribution in [1.29, 1.82) is 0 Å². The zero-order valence-electron chi connectivity index (χ0n) is 14.9. The number of carbonyl (C=O) groups is 2. The molecule has 0 saturated heterocycles.